The van der Waals surface area contributed by atoms with Crippen molar-refractivity contribution in [3.63, 3.8) is 0 Å². The molecular weight excluding hydrogens is 432 g/mol. The van der Waals surface area contributed by atoms with Gasteiger partial charge in [0.15, 0.2) is 4.80 Å². The topological polar surface area (TPSA) is 69.9 Å². The zero-order valence-electron chi connectivity index (χ0n) is 17.0. The van der Waals surface area contributed by atoms with Crippen molar-refractivity contribution in [2.75, 3.05) is 13.7 Å². The van der Waals surface area contributed by atoms with E-state index in [1.807, 2.05) is 41.8 Å². The summed E-state index contributed by atoms with van der Waals surface area (Å²) in [6.07, 6.45) is 3.31. The second-order valence-corrected chi connectivity index (χ2v) is 8.71. The van der Waals surface area contributed by atoms with Crippen molar-refractivity contribution >= 4 is 34.7 Å². The van der Waals surface area contributed by atoms with E-state index < -0.39 is 12.0 Å². The van der Waals surface area contributed by atoms with Gasteiger partial charge in [-0.1, -0.05) is 48.3 Å². The van der Waals surface area contributed by atoms with E-state index in [0.29, 0.717) is 26.4 Å². The molecule has 0 bridgehead atoms. The number of thiazole rings is 1. The van der Waals surface area contributed by atoms with Crippen molar-refractivity contribution < 1.29 is 14.3 Å². The molecule has 0 aliphatic carbocycles. The van der Waals surface area contributed by atoms with Crippen molar-refractivity contribution in [1.29, 1.82) is 0 Å². The number of rotatable bonds is 6. The zero-order valence-corrected chi connectivity index (χ0v) is 18.7. The van der Waals surface area contributed by atoms with Crippen LogP contribution in [0.1, 0.15) is 23.4 Å². The average molecular weight is 453 g/mol. The van der Waals surface area contributed by atoms with Crippen LogP contribution >= 0.6 is 22.7 Å². The molecule has 0 radical (unpaired) electrons. The quantitative estimate of drug-likeness (QED) is 0.426. The van der Waals surface area contributed by atoms with Crippen LogP contribution < -0.4 is 19.6 Å². The normalized spacial score (nSPS) is 15.9. The lowest BCUT2D eigenvalue weighted by atomic mass is 10.0. The zero-order chi connectivity index (χ0) is 22.0. The number of hydrogen-bond acceptors (Lipinski definition) is 7. The number of allylic oxidation sites excluding steroid dienone is 1. The summed E-state index contributed by atoms with van der Waals surface area (Å²) in [5.41, 5.74) is 1.48. The molecule has 3 heterocycles. The number of methoxy groups -OCH3 is 1. The van der Waals surface area contributed by atoms with Crippen LogP contribution in [-0.2, 0) is 9.53 Å². The summed E-state index contributed by atoms with van der Waals surface area (Å²) in [7, 11) is 1.59. The second kappa shape index (κ2) is 8.87. The van der Waals surface area contributed by atoms with Crippen molar-refractivity contribution in [3.8, 4) is 5.75 Å². The van der Waals surface area contributed by atoms with Crippen LogP contribution in [0.25, 0.3) is 6.08 Å². The molecule has 1 atom stereocenters. The van der Waals surface area contributed by atoms with Gasteiger partial charge in [0, 0.05) is 10.4 Å². The van der Waals surface area contributed by atoms with Crippen LogP contribution in [0, 0.1) is 0 Å². The highest BCUT2D eigenvalue weighted by molar-refractivity contribution is 7.10. The van der Waals surface area contributed by atoms with E-state index >= 15 is 0 Å². The molecule has 31 heavy (non-hydrogen) atoms. The van der Waals surface area contributed by atoms with Crippen LogP contribution in [0.4, 0.5) is 0 Å². The van der Waals surface area contributed by atoms with Crippen LogP contribution in [0.15, 0.2) is 75.5 Å². The SMILES string of the molecule is C=CCOC(=O)C1=C(C)N=c2sc(=Cc3ccccc3OC)c(=O)n2C1c1cccs1. The number of benzene rings is 1. The molecule has 0 N–H and O–H groups in total. The van der Waals surface area contributed by atoms with Crippen molar-refractivity contribution in [2.24, 2.45) is 4.99 Å². The Morgan fingerprint density at radius 2 is 2.10 bits per heavy atom. The fraction of sp³-hybridized carbons (Fsp3) is 0.174. The first-order valence-corrected chi connectivity index (χ1v) is 11.2. The number of ether oxygens (including phenoxy) is 2. The molecule has 1 unspecified atom stereocenters. The number of carbonyl (C=O) groups is 1. The molecular formula is C23H20N2O4S2. The maximum atomic E-state index is 13.5. The molecule has 1 aliphatic heterocycles. The molecule has 0 spiro atoms. The lowest BCUT2D eigenvalue weighted by Gasteiger charge is -2.23. The first-order chi connectivity index (χ1) is 15.0. The third-order valence-electron chi connectivity index (χ3n) is 4.81. The highest BCUT2D eigenvalue weighted by atomic mass is 32.1. The molecule has 158 valence electrons. The summed E-state index contributed by atoms with van der Waals surface area (Å²) in [6, 6.07) is 10.7. The number of hydrogen-bond donors (Lipinski definition) is 0. The lowest BCUT2D eigenvalue weighted by Crippen LogP contribution is -2.39. The van der Waals surface area contributed by atoms with Crippen LogP contribution in [0.2, 0.25) is 0 Å². The first kappa shape index (κ1) is 21.0. The van der Waals surface area contributed by atoms with E-state index in [1.165, 1.54) is 28.7 Å². The molecule has 0 amide bonds. The second-order valence-electron chi connectivity index (χ2n) is 6.73. The van der Waals surface area contributed by atoms with Crippen LogP contribution in [-0.4, -0.2) is 24.3 Å². The van der Waals surface area contributed by atoms with Gasteiger partial charge in [-0.25, -0.2) is 9.79 Å². The maximum absolute atomic E-state index is 13.5. The third kappa shape index (κ3) is 3.92. The first-order valence-electron chi connectivity index (χ1n) is 9.52. The van der Waals surface area contributed by atoms with Crippen molar-refractivity contribution in [2.45, 2.75) is 13.0 Å². The number of thiophene rings is 1. The number of esters is 1. The monoisotopic (exact) mass is 452 g/mol. The minimum Gasteiger partial charge on any atom is -0.496 e. The predicted octanol–water partition coefficient (Wildman–Crippen LogP) is 3.03. The van der Waals surface area contributed by atoms with E-state index in [1.54, 1.807) is 24.7 Å². The molecule has 0 saturated heterocycles. The number of aromatic nitrogens is 1. The van der Waals surface area contributed by atoms with Gasteiger partial charge in [0.2, 0.25) is 0 Å². The van der Waals surface area contributed by atoms with E-state index in [9.17, 15) is 9.59 Å². The molecule has 2 aromatic heterocycles. The number of carbonyl (C=O) groups excluding carboxylic acids is 1. The molecule has 1 aliphatic rings. The summed E-state index contributed by atoms with van der Waals surface area (Å²) in [5.74, 6) is 0.173. The van der Waals surface area contributed by atoms with Crippen LogP contribution in [0.3, 0.4) is 0 Å². The summed E-state index contributed by atoms with van der Waals surface area (Å²) in [5, 5.41) is 1.92. The van der Waals surface area contributed by atoms with E-state index in [0.717, 1.165) is 10.4 Å². The van der Waals surface area contributed by atoms with Crippen molar-refractivity contribution in [3.05, 3.63) is 95.8 Å². The molecule has 0 saturated carbocycles. The van der Waals surface area contributed by atoms with Gasteiger partial charge in [-0.05, 0) is 30.5 Å². The summed E-state index contributed by atoms with van der Waals surface area (Å²) in [4.78, 5) is 32.3. The highest BCUT2D eigenvalue weighted by Gasteiger charge is 2.33. The van der Waals surface area contributed by atoms with Gasteiger partial charge in [0.05, 0.1) is 22.9 Å². The summed E-state index contributed by atoms with van der Waals surface area (Å²) in [6.45, 7) is 5.45. The fourth-order valence-corrected chi connectivity index (χ4v) is 5.30. The van der Waals surface area contributed by atoms with Gasteiger partial charge in [0.1, 0.15) is 18.4 Å². The third-order valence-corrected chi connectivity index (χ3v) is 6.72. The Balaban J connectivity index is 1.92. The Labute approximate surface area is 186 Å². The fourth-order valence-electron chi connectivity index (χ4n) is 3.44. The lowest BCUT2D eigenvalue weighted by molar-refractivity contribution is -0.138. The number of para-hydroxylation sites is 1. The molecule has 3 aromatic rings. The number of nitrogens with zero attached hydrogens (tertiary/aromatic N) is 2. The molecule has 1 aromatic carbocycles. The smallest absolute Gasteiger partial charge is 0.338 e. The average Bonchev–Trinajstić information content (AvgIpc) is 3.40. The minimum absolute atomic E-state index is 0.0883. The molecule has 0 fully saturated rings. The molecule has 8 heteroatoms. The van der Waals surface area contributed by atoms with Gasteiger partial charge in [-0.2, -0.15) is 0 Å². The maximum Gasteiger partial charge on any atom is 0.338 e. The van der Waals surface area contributed by atoms with Crippen LogP contribution in [0.5, 0.6) is 5.75 Å². The summed E-state index contributed by atoms with van der Waals surface area (Å²) < 4.78 is 12.8. The van der Waals surface area contributed by atoms with Crippen molar-refractivity contribution in [1.82, 2.24) is 4.57 Å². The highest BCUT2D eigenvalue weighted by Crippen LogP contribution is 2.33. The Morgan fingerprint density at radius 1 is 1.29 bits per heavy atom. The Bertz CT molecular complexity index is 1350. The van der Waals surface area contributed by atoms with Gasteiger partial charge in [0.25, 0.3) is 5.56 Å². The van der Waals surface area contributed by atoms with E-state index in [-0.39, 0.29) is 12.2 Å². The Morgan fingerprint density at radius 3 is 2.81 bits per heavy atom. The number of fused-ring (bicyclic) bond motifs is 1. The molecule has 6 nitrogen and oxygen atoms in total. The van der Waals surface area contributed by atoms with E-state index in [4.69, 9.17) is 9.47 Å². The van der Waals surface area contributed by atoms with Gasteiger partial charge in [-0.15, -0.1) is 11.3 Å². The largest absolute Gasteiger partial charge is 0.496 e. The predicted molar refractivity (Wildman–Crippen MR) is 122 cm³/mol. The standard InChI is InChI=1S/C23H20N2O4S2/c1-4-11-29-22(27)19-14(2)24-23-25(20(19)17-10-7-12-30-17)21(26)18(31-23)13-15-8-5-6-9-16(15)28-3/h4-10,12-13,20H,1,11H2,2-3H3. The molecule has 4 rings (SSSR count). The minimum atomic E-state index is -0.589. The van der Waals surface area contributed by atoms with Gasteiger partial charge < -0.3 is 9.47 Å². The Hall–Kier alpha value is -3.23. The van der Waals surface area contributed by atoms with Gasteiger partial charge in [-0.3, -0.25) is 9.36 Å². The van der Waals surface area contributed by atoms with E-state index in [2.05, 4.69) is 11.6 Å². The summed E-state index contributed by atoms with van der Waals surface area (Å²) >= 11 is 2.77. The van der Waals surface area contributed by atoms with Gasteiger partial charge >= 0.3 is 5.97 Å². The Kier molecular flexibility index (Phi) is 6.01.